The van der Waals surface area contributed by atoms with Crippen LogP contribution in [0.4, 0.5) is 0 Å². The van der Waals surface area contributed by atoms with Gasteiger partial charge in [-0.3, -0.25) is 9.89 Å². The van der Waals surface area contributed by atoms with Crippen LogP contribution in [0.3, 0.4) is 0 Å². The Labute approximate surface area is 185 Å². The zero-order valence-corrected chi connectivity index (χ0v) is 18.5. The summed E-state index contributed by atoms with van der Waals surface area (Å²) in [6, 6.07) is 11.7. The number of nitrogens with one attached hydrogen (secondary N) is 1. The van der Waals surface area contributed by atoms with Gasteiger partial charge in [-0.1, -0.05) is 22.8 Å². The summed E-state index contributed by atoms with van der Waals surface area (Å²) < 4.78 is 5.38. The summed E-state index contributed by atoms with van der Waals surface area (Å²) in [5, 5.41) is 10.3. The van der Waals surface area contributed by atoms with E-state index in [2.05, 4.69) is 47.8 Å². The molecule has 2 aromatic heterocycles. The fourth-order valence-corrected chi connectivity index (χ4v) is 4.30. The van der Waals surface area contributed by atoms with Crippen LogP contribution in [0, 0.1) is 0 Å². The number of nitrogens with zero attached hydrogens (tertiary/aromatic N) is 5. The molecule has 30 heavy (non-hydrogen) atoms. The van der Waals surface area contributed by atoms with Gasteiger partial charge in [0.2, 0.25) is 11.7 Å². The van der Waals surface area contributed by atoms with Crippen molar-refractivity contribution in [3.8, 4) is 11.4 Å². The molecule has 0 bridgehead atoms. The lowest BCUT2D eigenvalue weighted by molar-refractivity contribution is 0.174. The van der Waals surface area contributed by atoms with Crippen LogP contribution < -0.4 is 5.32 Å². The molecule has 3 heterocycles. The maximum absolute atomic E-state index is 5.93. The summed E-state index contributed by atoms with van der Waals surface area (Å²) in [5.74, 6) is 2.10. The van der Waals surface area contributed by atoms with Gasteiger partial charge in [0.1, 0.15) is 0 Å². The molecule has 158 valence electrons. The first-order valence-corrected chi connectivity index (χ1v) is 11.3. The first-order chi connectivity index (χ1) is 14.7. The largest absolute Gasteiger partial charge is 0.356 e. The standard InChI is InChI=1S/C21H25ClN6OS/c1-23-21(28-12-10-27(11-13-28)15-18-3-2-14-30-18)24-9-8-19-25-20(26-29-19)16-4-6-17(22)7-5-16/h2-7,14H,8-13,15H2,1H3,(H,23,24). The fraction of sp³-hybridized carbons (Fsp3) is 0.381. The molecule has 0 amide bonds. The van der Waals surface area contributed by atoms with E-state index in [9.17, 15) is 0 Å². The second-order valence-electron chi connectivity index (χ2n) is 7.09. The number of hydrogen-bond donors (Lipinski definition) is 1. The van der Waals surface area contributed by atoms with Crippen LogP contribution in [0.1, 0.15) is 10.8 Å². The van der Waals surface area contributed by atoms with Crippen LogP contribution in [-0.4, -0.2) is 65.7 Å². The van der Waals surface area contributed by atoms with Crippen molar-refractivity contribution < 1.29 is 4.52 Å². The number of hydrogen-bond acceptors (Lipinski definition) is 6. The van der Waals surface area contributed by atoms with Crippen molar-refractivity contribution in [2.24, 2.45) is 4.99 Å². The minimum absolute atomic E-state index is 0.577. The lowest BCUT2D eigenvalue weighted by atomic mass is 10.2. The van der Waals surface area contributed by atoms with Gasteiger partial charge in [-0.25, -0.2) is 0 Å². The summed E-state index contributed by atoms with van der Waals surface area (Å²) in [7, 11) is 1.83. The molecule has 3 aromatic rings. The molecule has 1 N–H and O–H groups in total. The highest BCUT2D eigenvalue weighted by Crippen LogP contribution is 2.18. The Morgan fingerprint density at radius 3 is 2.70 bits per heavy atom. The topological polar surface area (TPSA) is 69.8 Å². The number of aliphatic imine (C=N–C) groups is 1. The molecule has 1 aliphatic heterocycles. The molecule has 0 atom stereocenters. The van der Waals surface area contributed by atoms with Crippen LogP contribution in [0.2, 0.25) is 5.02 Å². The smallest absolute Gasteiger partial charge is 0.228 e. The first kappa shape index (κ1) is 20.8. The van der Waals surface area contributed by atoms with Crippen molar-refractivity contribution in [3.63, 3.8) is 0 Å². The Balaban J connectivity index is 1.23. The van der Waals surface area contributed by atoms with Gasteiger partial charge >= 0.3 is 0 Å². The van der Waals surface area contributed by atoms with Crippen molar-refractivity contribution in [2.75, 3.05) is 39.8 Å². The zero-order valence-electron chi connectivity index (χ0n) is 16.9. The van der Waals surface area contributed by atoms with Crippen LogP contribution >= 0.6 is 22.9 Å². The molecule has 1 aromatic carbocycles. The van der Waals surface area contributed by atoms with E-state index < -0.39 is 0 Å². The van der Waals surface area contributed by atoms with Gasteiger partial charge in [0.25, 0.3) is 0 Å². The van der Waals surface area contributed by atoms with E-state index in [-0.39, 0.29) is 0 Å². The summed E-state index contributed by atoms with van der Waals surface area (Å²) in [6.45, 7) is 5.72. The number of aromatic nitrogens is 2. The molecule has 9 heteroatoms. The van der Waals surface area contributed by atoms with E-state index in [1.807, 2.05) is 42.6 Å². The molecule has 0 radical (unpaired) electrons. The highest BCUT2D eigenvalue weighted by molar-refractivity contribution is 7.09. The molecule has 0 spiro atoms. The summed E-state index contributed by atoms with van der Waals surface area (Å²) in [5.41, 5.74) is 0.888. The molecule has 0 aliphatic carbocycles. The average Bonchev–Trinajstić information content (AvgIpc) is 3.45. The van der Waals surface area contributed by atoms with E-state index in [0.29, 0.717) is 29.7 Å². The predicted octanol–water partition coefficient (Wildman–Crippen LogP) is 3.39. The third kappa shape index (κ3) is 5.38. The lowest BCUT2D eigenvalue weighted by Gasteiger charge is -2.36. The van der Waals surface area contributed by atoms with Crippen LogP contribution in [0.5, 0.6) is 0 Å². The predicted molar refractivity (Wildman–Crippen MR) is 121 cm³/mol. The maximum Gasteiger partial charge on any atom is 0.228 e. The van der Waals surface area contributed by atoms with Crippen molar-refractivity contribution in [2.45, 2.75) is 13.0 Å². The summed E-state index contributed by atoms with van der Waals surface area (Å²) in [6.07, 6.45) is 0.637. The van der Waals surface area contributed by atoms with Gasteiger partial charge in [0.15, 0.2) is 5.96 Å². The Kier molecular flexibility index (Phi) is 6.99. The van der Waals surface area contributed by atoms with Crippen molar-refractivity contribution in [1.82, 2.24) is 25.3 Å². The Hall–Kier alpha value is -2.42. The Morgan fingerprint density at radius 1 is 1.20 bits per heavy atom. The van der Waals surface area contributed by atoms with Crippen LogP contribution in [0.25, 0.3) is 11.4 Å². The van der Waals surface area contributed by atoms with Gasteiger partial charge in [-0.05, 0) is 35.7 Å². The third-order valence-corrected chi connectivity index (χ3v) is 6.15. The molecular formula is C21H25ClN6OS. The second kappa shape index (κ2) is 10.1. The molecule has 1 aliphatic rings. The van der Waals surface area contributed by atoms with E-state index in [4.69, 9.17) is 16.1 Å². The molecule has 1 saturated heterocycles. The highest BCUT2D eigenvalue weighted by atomic mass is 35.5. The quantitative estimate of drug-likeness (QED) is 0.464. The molecule has 7 nitrogen and oxygen atoms in total. The van der Waals surface area contributed by atoms with Gasteiger partial charge in [-0.2, -0.15) is 4.98 Å². The number of rotatable bonds is 6. The molecule has 0 saturated carbocycles. The number of thiophene rings is 1. The molecular weight excluding hydrogens is 420 g/mol. The van der Waals surface area contributed by atoms with E-state index in [1.54, 1.807) is 0 Å². The van der Waals surface area contributed by atoms with Crippen LogP contribution in [-0.2, 0) is 13.0 Å². The number of benzene rings is 1. The van der Waals surface area contributed by atoms with E-state index in [1.165, 1.54) is 4.88 Å². The lowest BCUT2D eigenvalue weighted by Crippen LogP contribution is -2.52. The van der Waals surface area contributed by atoms with Gasteiger partial charge in [0.05, 0.1) is 0 Å². The molecule has 4 rings (SSSR count). The number of halogens is 1. The van der Waals surface area contributed by atoms with E-state index in [0.717, 1.165) is 44.2 Å². The minimum atomic E-state index is 0.577. The third-order valence-electron chi connectivity index (χ3n) is 5.04. The van der Waals surface area contributed by atoms with Crippen molar-refractivity contribution in [3.05, 3.63) is 57.6 Å². The fourth-order valence-electron chi connectivity index (χ4n) is 3.43. The zero-order chi connectivity index (χ0) is 20.8. The highest BCUT2D eigenvalue weighted by Gasteiger charge is 2.20. The summed E-state index contributed by atoms with van der Waals surface area (Å²) in [4.78, 5) is 15.1. The monoisotopic (exact) mass is 444 g/mol. The first-order valence-electron chi connectivity index (χ1n) is 10.00. The Bertz CT molecular complexity index is 948. The normalized spacial score (nSPS) is 15.5. The average molecular weight is 445 g/mol. The molecule has 0 unspecified atom stereocenters. The number of guanidine groups is 1. The van der Waals surface area contributed by atoms with E-state index >= 15 is 0 Å². The number of piperazine rings is 1. The molecule has 1 fully saturated rings. The van der Waals surface area contributed by atoms with Crippen LogP contribution in [0.15, 0.2) is 51.3 Å². The van der Waals surface area contributed by atoms with Gasteiger partial charge in [-0.15, -0.1) is 11.3 Å². The maximum atomic E-state index is 5.93. The van der Waals surface area contributed by atoms with Crippen molar-refractivity contribution in [1.29, 1.82) is 0 Å². The SMILES string of the molecule is CN=C(NCCc1nc(-c2ccc(Cl)cc2)no1)N1CCN(Cc2cccs2)CC1. The van der Waals surface area contributed by atoms with Crippen molar-refractivity contribution >= 4 is 28.9 Å². The second-order valence-corrected chi connectivity index (χ2v) is 8.55. The summed E-state index contributed by atoms with van der Waals surface area (Å²) >= 11 is 7.75. The minimum Gasteiger partial charge on any atom is -0.356 e. The van der Waals surface area contributed by atoms with Gasteiger partial charge < -0.3 is 14.7 Å². The van der Waals surface area contributed by atoms with Gasteiger partial charge in [0, 0.05) is 68.2 Å². The Morgan fingerprint density at radius 2 is 2.00 bits per heavy atom.